The molecular weight excluding hydrogens is 473 g/mol. The summed E-state index contributed by atoms with van der Waals surface area (Å²) < 4.78 is 54.8. The third-order valence-corrected chi connectivity index (χ3v) is 6.09. The number of alkyl halides is 3. The van der Waals surface area contributed by atoms with Gasteiger partial charge in [0.2, 0.25) is 5.82 Å². The molecule has 1 aliphatic rings. The first-order chi connectivity index (χ1) is 16.1. The van der Waals surface area contributed by atoms with Gasteiger partial charge in [0, 0.05) is 47.3 Å². The predicted molar refractivity (Wildman–Crippen MR) is 116 cm³/mol. The number of aryl methyl sites for hydroxylation is 1. The summed E-state index contributed by atoms with van der Waals surface area (Å²) in [7, 11) is 1.51. The fraction of sp³-hybridized carbons (Fsp3) is 0.364. The van der Waals surface area contributed by atoms with Crippen LogP contribution in [0.3, 0.4) is 0 Å². The second-order valence-electron chi connectivity index (χ2n) is 7.76. The van der Waals surface area contributed by atoms with E-state index >= 15 is 0 Å². The minimum atomic E-state index is -4.64. The Morgan fingerprint density at radius 3 is 2.41 bits per heavy atom. The van der Waals surface area contributed by atoms with E-state index in [9.17, 15) is 18.0 Å². The molecule has 12 heteroatoms. The highest BCUT2D eigenvalue weighted by Gasteiger charge is 2.42. The van der Waals surface area contributed by atoms with Gasteiger partial charge in [-0.1, -0.05) is 0 Å². The number of carbonyl (C=O) groups excluding carboxylic acids is 1. The van der Waals surface area contributed by atoms with Crippen molar-refractivity contribution in [3.05, 3.63) is 58.6 Å². The van der Waals surface area contributed by atoms with Crippen molar-refractivity contribution in [1.82, 2.24) is 20.3 Å². The van der Waals surface area contributed by atoms with E-state index in [0.29, 0.717) is 21.9 Å². The lowest BCUT2D eigenvalue weighted by Crippen LogP contribution is -2.55. The lowest BCUT2D eigenvalue weighted by Gasteiger charge is -2.39. The van der Waals surface area contributed by atoms with Crippen LogP contribution in [0.15, 0.2) is 36.8 Å². The van der Waals surface area contributed by atoms with Crippen LogP contribution in [0.1, 0.15) is 39.6 Å². The second-order valence-corrected chi connectivity index (χ2v) is 9.00. The van der Waals surface area contributed by atoms with Gasteiger partial charge < -0.3 is 19.5 Å². The molecule has 8 nitrogen and oxygen atoms in total. The molecule has 1 saturated heterocycles. The Morgan fingerprint density at radius 1 is 1.18 bits per heavy atom. The lowest BCUT2D eigenvalue weighted by atomic mass is 10.1. The maximum atomic E-state index is 13.1. The van der Waals surface area contributed by atoms with Crippen LogP contribution in [0.25, 0.3) is 10.6 Å². The van der Waals surface area contributed by atoms with Crippen LogP contribution in [-0.4, -0.2) is 47.0 Å². The Morgan fingerprint density at radius 2 is 1.88 bits per heavy atom. The van der Waals surface area contributed by atoms with Crippen LogP contribution < -0.4 is 10.1 Å². The number of thiazole rings is 1. The molecule has 180 valence electrons. The Balaban J connectivity index is 1.59. The Bertz CT molecular complexity index is 1170. The number of ether oxygens (including phenoxy) is 3. The van der Waals surface area contributed by atoms with E-state index in [2.05, 4.69) is 20.3 Å². The largest absolute Gasteiger partial charge is 0.457 e. The summed E-state index contributed by atoms with van der Waals surface area (Å²) in [5, 5.41) is 3.46. The summed E-state index contributed by atoms with van der Waals surface area (Å²) in [5.74, 6) is -2.24. The number of carbonyl (C=O) groups is 1. The van der Waals surface area contributed by atoms with Gasteiger partial charge in [-0.25, -0.2) is 15.0 Å². The number of nitrogens with zero attached hydrogens (tertiary/aromatic N) is 3. The summed E-state index contributed by atoms with van der Waals surface area (Å²) in [5.41, 5.74) is 1.29. The smallest absolute Gasteiger partial charge is 0.451 e. The highest BCUT2D eigenvalue weighted by atomic mass is 32.1. The molecule has 34 heavy (non-hydrogen) atoms. The van der Waals surface area contributed by atoms with Gasteiger partial charge in [-0.2, -0.15) is 13.2 Å². The topological polar surface area (TPSA) is 95.5 Å². The maximum absolute atomic E-state index is 13.1. The average Bonchev–Trinajstić information content (AvgIpc) is 3.22. The third kappa shape index (κ3) is 5.18. The maximum Gasteiger partial charge on any atom is 0.451 e. The van der Waals surface area contributed by atoms with Gasteiger partial charge in [0.05, 0.1) is 6.04 Å². The van der Waals surface area contributed by atoms with E-state index in [1.165, 1.54) is 18.4 Å². The van der Waals surface area contributed by atoms with Crippen molar-refractivity contribution in [3.8, 4) is 16.3 Å². The number of hydrogen-bond donors (Lipinski definition) is 1. The molecule has 0 bridgehead atoms. The standard InChI is InChI=1S/C22H21F3N4O4S/c1-12-7-26-19(34-12)15-4-14(5-17(6-15)33-21(31-3)10-32-11-21)18(30)29-13(2)16-8-27-20(28-9-16)22(23,24)25/h4-9,13H,10-11H2,1-3H3,(H,29,30)/t13-/m1/s1. The molecule has 1 aliphatic heterocycles. The number of benzene rings is 1. The van der Waals surface area contributed by atoms with Crippen molar-refractivity contribution in [2.75, 3.05) is 20.3 Å². The summed E-state index contributed by atoms with van der Waals surface area (Å²) >= 11 is 1.46. The molecular formula is C22H21F3N4O4S. The van der Waals surface area contributed by atoms with Crippen molar-refractivity contribution in [2.45, 2.75) is 31.9 Å². The van der Waals surface area contributed by atoms with Crippen LogP contribution in [0.2, 0.25) is 0 Å². The molecule has 1 aromatic carbocycles. The van der Waals surface area contributed by atoms with Gasteiger partial charge >= 0.3 is 6.18 Å². The van der Waals surface area contributed by atoms with Crippen molar-refractivity contribution in [2.24, 2.45) is 0 Å². The van der Waals surface area contributed by atoms with Gasteiger partial charge in [0.1, 0.15) is 24.0 Å². The number of amides is 1. The summed E-state index contributed by atoms with van der Waals surface area (Å²) in [6.07, 6.45) is -0.816. The van der Waals surface area contributed by atoms with E-state index in [-0.39, 0.29) is 18.8 Å². The number of hydrogen-bond acceptors (Lipinski definition) is 8. The molecule has 0 saturated carbocycles. The van der Waals surface area contributed by atoms with Crippen molar-refractivity contribution in [1.29, 1.82) is 0 Å². The second kappa shape index (κ2) is 9.28. The first kappa shape index (κ1) is 24.0. The lowest BCUT2D eigenvalue weighted by molar-refractivity contribution is -0.294. The normalized spacial score (nSPS) is 15.9. The summed E-state index contributed by atoms with van der Waals surface area (Å²) in [6.45, 7) is 4.04. The van der Waals surface area contributed by atoms with Gasteiger partial charge in [0.15, 0.2) is 0 Å². The average molecular weight is 494 g/mol. The van der Waals surface area contributed by atoms with Crippen LogP contribution >= 0.6 is 11.3 Å². The van der Waals surface area contributed by atoms with Crippen molar-refractivity contribution < 1.29 is 32.2 Å². The molecule has 0 unspecified atom stereocenters. The van der Waals surface area contributed by atoms with E-state index in [0.717, 1.165) is 17.3 Å². The molecule has 0 radical (unpaired) electrons. The first-order valence-corrected chi connectivity index (χ1v) is 11.0. The van der Waals surface area contributed by atoms with Gasteiger partial charge in [-0.05, 0) is 32.0 Å². The first-order valence-electron chi connectivity index (χ1n) is 10.2. The molecule has 1 N–H and O–H groups in total. The van der Waals surface area contributed by atoms with E-state index in [1.807, 2.05) is 6.92 Å². The SMILES string of the molecule is COC1(Oc2cc(C(=O)N[C@H](C)c3cnc(C(F)(F)F)nc3)cc(-c3ncc(C)s3)c2)COC1. The van der Waals surface area contributed by atoms with E-state index in [4.69, 9.17) is 14.2 Å². The zero-order valence-electron chi connectivity index (χ0n) is 18.5. The van der Waals surface area contributed by atoms with Crippen molar-refractivity contribution >= 4 is 17.2 Å². The monoisotopic (exact) mass is 494 g/mol. The minimum Gasteiger partial charge on any atom is -0.457 e. The van der Waals surface area contributed by atoms with Crippen LogP contribution in [0, 0.1) is 6.92 Å². The molecule has 0 aliphatic carbocycles. The van der Waals surface area contributed by atoms with Crippen LogP contribution in [0.4, 0.5) is 13.2 Å². The molecule has 1 amide bonds. The quantitative estimate of drug-likeness (QED) is 0.493. The zero-order valence-corrected chi connectivity index (χ0v) is 19.3. The Labute approximate surface area is 197 Å². The number of methoxy groups -OCH3 is 1. The molecule has 1 fully saturated rings. The highest BCUT2D eigenvalue weighted by molar-refractivity contribution is 7.14. The number of halogens is 3. The Kier molecular flexibility index (Phi) is 6.56. The molecule has 1 atom stereocenters. The zero-order chi connectivity index (χ0) is 24.5. The van der Waals surface area contributed by atoms with Crippen LogP contribution in [-0.2, 0) is 15.7 Å². The molecule has 3 aromatic rings. The highest BCUT2D eigenvalue weighted by Crippen LogP contribution is 2.33. The van der Waals surface area contributed by atoms with Gasteiger partial charge in [-0.15, -0.1) is 11.3 Å². The third-order valence-electron chi connectivity index (χ3n) is 5.13. The molecule has 2 aromatic heterocycles. The Hall–Kier alpha value is -3.09. The fourth-order valence-corrected chi connectivity index (χ4v) is 3.93. The van der Waals surface area contributed by atoms with Gasteiger partial charge in [-0.3, -0.25) is 4.79 Å². The minimum absolute atomic E-state index is 0.247. The summed E-state index contributed by atoms with van der Waals surface area (Å²) in [6, 6.07) is 4.36. The van der Waals surface area contributed by atoms with E-state index < -0.39 is 29.7 Å². The number of rotatable bonds is 7. The number of nitrogens with one attached hydrogen (secondary N) is 1. The van der Waals surface area contributed by atoms with Gasteiger partial charge in [0.25, 0.3) is 11.7 Å². The molecule has 0 spiro atoms. The summed E-state index contributed by atoms with van der Waals surface area (Å²) in [4.78, 5) is 25.1. The predicted octanol–water partition coefficient (Wildman–Crippen LogP) is 4.17. The molecule has 3 heterocycles. The van der Waals surface area contributed by atoms with Crippen molar-refractivity contribution in [3.63, 3.8) is 0 Å². The number of aromatic nitrogens is 3. The fourth-order valence-electron chi connectivity index (χ4n) is 3.17. The van der Waals surface area contributed by atoms with E-state index in [1.54, 1.807) is 31.3 Å². The van der Waals surface area contributed by atoms with Crippen LogP contribution in [0.5, 0.6) is 5.75 Å². The molecule has 4 rings (SSSR count).